The molecule has 1 aliphatic heterocycles. The Hall–Kier alpha value is -2.93. The van der Waals surface area contributed by atoms with Crippen molar-refractivity contribution in [1.29, 1.82) is 0 Å². The van der Waals surface area contributed by atoms with Gasteiger partial charge in [-0.3, -0.25) is 9.59 Å². The lowest BCUT2D eigenvalue weighted by atomic mass is 10.0. The molecule has 1 aromatic carbocycles. The van der Waals surface area contributed by atoms with E-state index in [9.17, 15) is 9.59 Å². The molecular weight excluding hydrogens is 368 g/mol. The number of benzene rings is 1. The zero-order valence-corrected chi connectivity index (χ0v) is 17.0. The Bertz CT molecular complexity index is 815. The second-order valence-electron chi connectivity index (χ2n) is 7.27. The third kappa shape index (κ3) is 6.29. The minimum atomic E-state index is -0.352. The van der Waals surface area contributed by atoms with Gasteiger partial charge in [0.15, 0.2) is 0 Å². The average Bonchev–Trinajstić information content (AvgIpc) is 2.73. The molecule has 1 atom stereocenters. The second kappa shape index (κ2) is 10.0. The van der Waals surface area contributed by atoms with Gasteiger partial charge in [-0.25, -0.2) is 4.98 Å². The number of rotatable bonds is 7. The first-order valence-electron chi connectivity index (χ1n) is 9.89. The lowest BCUT2D eigenvalue weighted by Gasteiger charge is -2.27. The summed E-state index contributed by atoms with van der Waals surface area (Å²) in [6, 6.07) is 11.4. The third-order valence-electron chi connectivity index (χ3n) is 4.88. The van der Waals surface area contributed by atoms with Crippen LogP contribution in [0.2, 0.25) is 0 Å². The van der Waals surface area contributed by atoms with Crippen LogP contribution in [0.1, 0.15) is 36.1 Å². The Morgan fingerprint density at radius 3 is 2.48 bits per heavy atom. The Labute approximate surface area is 171 Å². The number of carbonyl (C=O) groups is 2. The topological polar surface area (TPSA) is 83.6 Å². The van der Waals surface area contributed by atoms with Crippen LogP contribution in [0.4, 0.5) is 5.82 Å². The van der Waals surface area contributed by atoms with Crippen molar-refractivity contribution in [2.75, 3.05) is 31.2 Å². The third-order valence-corrected chi connectivity index (χ3v) is 4.88. The largest absolute Gasteiger partial charge is 0.378 e. The highest BCUT2D eigenvalue weighted by Crippen LogP contribution is 2.18. The first kappa shape index (κ1) is 20.8. The number of pyridine rings is 1. The van der Waals surface area contributed by atoms with E-state index in [0.29, 0.717) is 6.54 Å². The molecule has 29 heavy (non-hydrogen) atoms. The van der Waals surface area contributed by atoms with Crippen LogP contribution in [0, 0.1) is 6.92 Å². The predicted octanol–water partition coefficient (Wildman–Crippen LogP) is 2.11. The highest BCUT2D eigenvalue weighted by Gasteiger charge is 2.17. The summed E-state index contributed by atoms with van der Waals surface area (Å²) in [6.45, 7) is 6.98. The van der Waals surface area contributed by atoms with Gasteiger partial charge in [-0.2, -0.15) is 0 Å². The van der Waals surface area contributed by atoms with Gasteiger partial charge in [-0.05, 0) is 24.1 Å². The fraction of sp³-hybridized carbons (Fsp3) is 0.409. The van der Waals surface area contributed by atoms with E-state index in [2.05, 4.69) is 20.5 Å². The van der Waals surface area contributed by atoms with E-state index < -0.39 is 0 Å². The monoisotopic (exact) mass is 396 g/mol. The van der Waals surface area contributed by atoms with Gasteiger partial charge < -0.3 is 20.3 Å². The summed E-state index contributed by atoms with van der Waals surface area (Å²) in [5, 5.41) is 5.78. The highest BCUT2D eigenvalue weighted by atomic mass is 16.5. The van der Waals surface area contributed by atoms with Gasteiger partial charge in [0.05, 0.1) is 25.7 Å². The number of hydrogen-bond acceptors (Lipinski definition) is 5. The number of nitrogens with one attached hydrogen (secondary N) is 2. The Kier molecular flexibility index (Phi) is 7.19. The van der Waals surface area contributed by atoms with Crippen LogP contribution < -0.4 is 15.5 Å². The SMILES string of the molecule is CC(=O)NC(CC(=O)NCc1ccc(N2CCOCC2)nc1)c1ccc(C)cc1. The first-order chi connectivity index (χ1) is 14.0. The number of carbonyl (C=O) groups excluding carboxylic acids is 2. The molecule has 0 spiro atoms. The molecule has 0 aliphatic carbocycles. The number of aromatic nitrogens is 1. The van der Waals surface area contributed by atoms with Crippen molar-refractivity contribution in [3.05, 3.63) is 59.3 Å². The van der Waals surface area contributed by atoms with E-state index in [1.165, 1.54) is 6.92 Å². The van der Waals surface area contributed by atoms with Crippen molar-refractivity contribution in [2.45, 2.75) is 32.9 Å². The quantitative estimate of drug-likeness (QED) is 0.749. The van der Waals surface area contributed by atoms with Gasteiger partial charge in [0, 0.05) is 32.8 Å². The molecule has 0 saturated carbocycles. The van der Waals surface area contributed by atoms with Crippen LogP contribution in [-0.2, 0) is 20.9 Å². The molecule has 2 amide bonds. The van der Waals surface area contributed by atoms with E-state index >= 15 is 0 Å². The second-order valence-corrected chi connectivity index (χ2v) is 7.27. The zero-order chi connectivity index (χ0) is 20.6. The smallest absolute Gasteiger partial charge is 0.222 e. The van der Waals surface area contributed by atoms with Crippen LogP contribution in [0.25, 0.3) is 0 Å². The summed E-state index contributed by atoms with van der Waals surface area (Å²) in [6.07, 6.45) is 1.97. The molecule has 1 aliphatic rings. The molecule has 2 N–H and O–H groups in total. The molecule has 3 rings (SSSR count). The normalized spacial score (nSPS) is 14.9. The molecule has 0 bridgehead atoms. The van der Waals surface area contributed by atoms with E-state index in [1.54, 1.807) is 6.20 Å². The predicted molar refractivity (Wildman–Crippen MR) is 111 cm³/mol. The van der Waals surface area contributed by atoms with Gasteiger partial charge in [-0.1, -0.05) is 35.9 Å². The fourth-order valence-corrected chi connectivity index (χ4v) is 3.26. The summed E-state index contributed by atoms with van der Waals surface area (Å²) in [5.74, 6) is 0.640. The summed E-state index contributed by atoms with van der Waals surface area (Å²) >= 11 is 0. The van der Waals surface area contributed by atoms with Crippen LogP contribution in [-0.4, -0.2) is 43.1 Å². The minimum absolute atomic E-state index is 0.124. The first-order valence-corrected chi connectivity index (χ1v) is 9.89. The minimum Gasteiger partial charge on any atom is -0.378 e. The summed E-state index contributed by atoms with van der Waals surface area (Å²) in [4.78, 5) is 30.7. The Morgan fingerprint density at radius 2 is 1.86 bits per heavy atom. The zero-order valence-electron chi connectivity index (χ0n) is 17.0. The molecule has 2 heterocycles. The molecule has 1 unspecified atom stereocenters. The summed E-state index contributed by atoms with van der Waals surface area (Å²) in [7, 11) is 0. The van der Waals surface area contributed by atoms with Crippen molar-refractivity contribution in [1.82, 2.24) is 15.6 Å². The molecule has 2 aromatic rings. The molecule has 7 nitrogen and oxygen atoms in total. The number of aryl methyl sites for hydroxylation is 1. The number of morpholine rings is 1. The Morgan fingerprint density at radius 1 is 1.14 bits per heavy atom. The van der Waals surface area contributed by atoms with Crippen molar-refractivity contribution in [2.24, 2.45) is 0 Å². The van der Waals surface area contributed by atoms with Crippen molar-refractivity contribution in [3.63, 3.8) is 0 Å². The average molecular weight is 396 g/mol. The molecule has 154 valence electrons. The van der Waals surface area contributed by atoms with Crippen LogP contribution in [0.15, 0.2) is 42.6 Å². The van der Waals surface area contributed by atoms with Gasteiger partial charge in [0.25, 0.3) is 0 Å². The number of amides is 2. The number of nitrogens with zero attached hydrogens (tertiary/aromatic N) is 2. The summed E-state index contributed by atoms with van der Waals surface area (Å²) in [5.41, 5.74) is 2.98. The number of hydrogen-bond donors (Lipinski definition) is 2. The maximum atomic E-state index is 12.5. The molecule has 1 fully saturated rings. The van der Waals surface area contributed by atoms with E-state index in [4.69, 9.17) is 4.74 Å². The van der Waals surface area contributed by atoms with Gasteiger partial charge in [0.2, 0.25) is 11.8 Å². The molecule has 1 saturated heterocycles. The lowest BCUT2D eigenvalue weighted by Crippen LogP contribution is -2.36. The van der Waals surface area contributed by atoms with Crippen molar-refractivity contribution >= 4 is 17.6 Å². The van der Waals surface area contributed by atoms with Crippen LogP contribution in [0.5, 0.6) is 0 Å². The van der Waals surface area contributed by atoms with Crippen LogP contribution >= 0.6 is 0 Å². The Balaban J connectivity index is 1.54. The van der Waals surface area contributed by atoms with E-state index in [-0.39, 0.29) is 24.3 Å². The van der Waals surface area contributed by atoms with E-state index in [1.807, 2.05) is 43.3 Å². The number of ether oxygens (including phenoxy) is 1. The summed E-state index contributed by atoms with van der Waals surface area (Å²) < 4.78 is 5.36. The van der Waals surface area contributed by atoms with Crippen LogP contribution in [0.3, 0.4) is 0 Å². The molecule has 1 aromatic heterocycles. The number of anilines is 1. The van der Waals surface area contributed by atoms with Gasteiger partial charge >= 0.3 is 0 Å². The maximum absolute atomic E-state index is 12.5. The van der Waals surface area contributed by atoms with Gasteiger partial charge in [0.1, 0.15) is 5.82 Å². The molecule has 7 heteroatoms. The highest BCUT2D eigenvalue weighted by molar-refractivity contribution is 5.79. The van der Waals surface area contributed by atoms with Crippen molar-refractivity contribution in [3.8, 4) is 0 Å². The molecule has 0 radical (unpaired) electrons. The van der Waals surface area contributed by atoms with Gasteiger partial charge in [-0.15, -0.1) is 0 Å². The van der Waals surface area contributed by atoms with E-state index in [0.717, 1.165) is 48.8 Å². The van der Waals surface area contributed by atoms with Crippen molar-refractivity contribution < 1.29 is 14.3 Å². The standard InChI is InChI=1S/C22H28N4O3/c1-16-3-6-19(7-4-16)20(25-17(2)27)13-22(28)24-15-18-5-8-21(23-14-18)26-9-11-29-12-10-26/h3-8,14,20H,9-13,15H2,1-2H3,(H,24,28)(H,25,27). The lowest BCUT2D eigenvalue weighted by molar-refractivity contribution is -0.122. The maximum Gasteiger partial charge on any atom is 0.222 e. The fourth-order valence-electron chi connectivity index (χ4n) is 3.26. The molecular formula is C22H28N4O3.